The van der Waals surface area contributed by atoms with Gasteiger partial charge in [0, 0.05) is 24.3 Å². The molecule has 2 aromatic rings. The fourth-order valence-electron chi connectivity index (χ4n) is 2.05. The lowest BCUT2D eigenvalue weighted by Gasteiger charge is -2.08. The van der Waals surface area contributed by atoms with Crippen molar-refractivity contribution < 1.29 is 9.59 Å². The van der Waals surface area contributed by atoms with Crippen molar-refractivity contribution in [2.75, 3.05) is 30.7 Å². The molecular formula is C18H23N3O2S2. The summed E-state index contributed by atoms with van der Waals surface area (Å²) in [4.78, 5) is 24.0. The van der Waals surface area contributed by atoms with Crippen molar-refractivity contribution in [1.82, 2.24) is 10.6 Å². The molecule has 134 valence electrons. The number of carbonyl (C=O) groups excluding carboxylic acids is 2. The highest BCUT2D eigenvalue weighted by atomic mass is 32.2. The highest BCUT2D eigenvalue weighted by Crippen LogP contribution is 2.23. The van der Waals surface area contributed by atoms with Gasteiger partial charge in [0.2, 0.25) is 5.91 Å². The smallest absolute Gasteiger partial charge is 0.251 e. The normalized spacial score (nSPS) is 10.4. The van der Waals surface area contributed by atoms with Gasteiger partial charge in [-0.3, -0.25) is 9.59 Å². The molecule has 2 amide bonds. The SMILES string of the molecule is CCCNCCNC(=O)c1ccc(NC(=O)CSc2cccs2)cc1. The van der Waals surface area contributed by atoms with E-state index >= 15 is 0 Å². The average Bonchev–Trinajstić information content (AvgIpc) is 3.14. The Morgan fingerprint density at radius 3 is 2.56 bits per heavy atom. The fourth-order valence-corrected chi connectivity index (χ4v) is 3.64. The first-order valence-corrected chi connectivity index (χ1v) is 10.1. The number of anilines is 1. The van der Waals surface area contributed by atoms with E-state index in [0.717, 1.165) is 23.7 Å². The van der Waals surface area contributed by atoms with Crippen molar-refractivity contribution in [3.05, 3.63) is 47.3 Å². The highest BCUT2D eigenvalue weighted by molar-refractivity contribution is 8.01. The molecule has 7 heteroatoms. The quantitative estimate of drug-likeness (QED) is 0.439. The van der Waals surface area contributed by atoms with E-state index < -0.39 is 0 Å². The Kier molecular flexibility index (Phi) is 8.51. The lowest BCUT2D eigenvalue weighted by Crippen LogP contribution is -2.32. The molecule has 5 nitrogen and oxygen atoms in total. The molecule has 0 spiro atoms. The number of hydrogen-bond donors (Lipinski definition) is 3. The van der Waals surface area contributed by atoms with Gasteiger partial charge in [-0.25, -0.2) is 0 Å². The van der Waals surface area contributed by atoms with Crippen LogP contribution in [0.4, 0.5) is 5.69 Å². The third-order valence-electron chi connectivity index (χ3n) is 3.29. The third-order valence-corrected chi connectivity index (χ3v) is 5.42. The summed E-state index contributed by atoms with van der Waals surface area (Å²) >= 11 is 3.13. The van der Waals surface area contributed by atoms with Crippen LogP contribution >= 0.6 is 23.1 Å². The van der Waals surface area contributed by atoms with Crippen LogP contribution < -0.4 is 16.0 Å². The summed E-state index contributed by atoms with van der Waals surface area (Å²) in [5.74, 6) is 0.204. The van der Waals surface area contributed by atoms with Crippen LogP contribution in [0.25, 0.3) is 0 Å². The van der Waals surface area contributed by atoms with E-state index in [1.807, 2.05) is 17.5 Å². The van der Waals surface area contributed by atoms with E-state index in [0.29, 0.717) is 23.5 Å². The summed E-state index contributed by atoms with van der Waals surface area (Å²) < 4.78 is 1.12. The van der Waals surface area contributed by atoms with Crippen LogP contribution in [0, 0.1) is 0 Å². The number of hydrogen-bond acceptors (Lipinski definition) is 5. The van der Waals surface area contributed by atoms with E-state index in [2.05, 4.69) is 22.9 Å². The molecule has 1 aromatic heterocycles. The summed E-state index contributed by atoms with van der Waals surface area (Å²) in [6.45, 7) is 4.41. The van der Waals surface area contributed by atoms with E-state index in [9.17, 15) is 9.59 Å². The van der Waals surface area contributed by atoms with Crippen molar-refractivity contribution >= 4 is 40.6 Å². The zero-order valence-corrected chi connectivity index (χ0v) is 15.8. The predicted octanol–water partition coefficient (Wildman–Crippen LogP) is 3.21. The minimum atomic E-state index is -0.107. The lowest BCUT2D eigenvalue weighted by molar-refractivity contribution is -0.113. The van der Waals surface area contributed by atoms with Gasteiger partial charge in [0.1, 0.15) is 0 Å². The maximum atomic E-state index is 12.0. The van der Waals surface area contributed by atoms with Gasteiger partial charge in [0.05, 0.1) is 9.96 Å². The molecule has 3 N–H and O–H groups in total. The molecule has 0 aliphatic rings. The Morgan fingerprint density at radius 2 is 1.88 bits per heavy atom. The van der Waals surface area contributed by atoms with Gasteiger partial charge < -0.3 is 16.0 Å². The van der Waals surface area contributed by atoms with Gasteiger partial charge in [-0.1, -0.05) is 13.0 Å². The number of thioether (sulfide) groups is 1. The number of thiophene rings is 1. The van der Waals surface area contributed by atoms with Crippen molar-refractivity contribution in [3.8, 4) is 0 Å². The maximum Gasteiger partial charge on any atom is 0.251 e. The van der Waals surface area contributed by atoms with E-state index in [4.69, 9.17) is 0 Å². The first-order chi connectivity index (χ1) is 12.2. The van der Waals surface area contributed by atoms with Gasteiger partial charge in [-0.05, 0) is 48.7 Å². The first kappa shape index (κ1) is 19.5. The van der Waals surface area contributed by atoms with Gasteiger partial charge in [-0.2, -0.15) is 0 Å². The number of benzene rings is 1. The largest absolute Gasteiger partial charge is 0.351 e. The summed E-state index contributed by atoms with van der Waals surface area (Å²) in [5, 5.41) is 10.9. The third kappa shape index (κ3) is 7.29. The predicted molar refractivity (Wildman–Crippen MR) is 106 cm³/mol. The van der Waals surface area contributed by atoms with Gasteiger partial charge in [0.25, 0.3) is 5.91 Å². The summed E-state index contributed by atoms with van der Waals surface area (Å²) in [6, 6.07) is 10.9. The van der Waals surface area contributed by atoms with Crippen LogP contribution in [0.15, 0.2) is 46.0 Å². The van der Waals surface area contributed by atoms with Crippen molar-refractivity contribution in [2.45, 2.75) is 17.6 Å². The molecule has 0 fully saturated rings. The Morgan fingerprint density at radius 1 is 1.08 bits per heavy atom. The van der Waals surface area contributed by atoms with E-state index in [1.54, 1.807) is 35.6 Å². The Balaban J connectivity index is 1.73. The van der Waals surface area contributed by atoms with Crippen molar-refractivity contribution in [3.63, 3.8) is 0 Å². The monoisotopic (exact) mass is 377 g/mol. The minimum Gasteiger partial charge on any atom is -0.351 e. The molecule has 2 rings (SSSR count). The van der Waals surface area contributed by atoms with Crippen LogP contribution in [0.3, 0.4) is 0 Å². The van der Waals surface area contributed by atoms with Crippen LogP contribution in [0.2, 0.25) is 0 Å². The fraction of sp³-hybridized carbons (Fsp3) is 0.333. The molecule has 1 aromatic carbocycles. The maximum absolute atomic E-state index is 12.0. The molecule has 0 saturated heterocycles. The van der Waals surface area contributed by atoms with Crippen LogP contribution in [-0.2, 0) is 4.79 Å². The Hall–Kier alpha value is -1.83. The molecule has 0 unspecified atom stereocenters. The zero-order valence-electron chi connectivity index (χ0n) is 14.2. The second-order valence-electron chi connectivity index (χ2n) is 5.35. The van der Waals surface area contributed by atoms with Gasteiger partial charge in [-0.15, -0.1) is 23.1 Å². The van der Waals surface area contributed by atoms with Gasteiger partial charge in [0.15, 0.2) is 0 Å². The highest BCUT2D eigenvalue weighted by Gasteiger charge is 2.07. The van der Waals surface area contributed by atoms with Gasteiger partial charge >= 0.3 is 0 Å². The zero-order chi connectivity index (χ0) is 17.9. The summed E-state index contributed by atoms with van der Waals surface area (Å²) in [5.41, 5.74) is 1.28. The number of nitrogens with one attached hydrogen (secondary N) is 3. The second-order valence-corrected chi connectivity index (χ2v) is 7.58. The standard InChI is InChI=1S/C18H23N3O2S2/c1-2-9-19-10-11-20-18(23)14-5-7-15(8-6-14)21-16(22)13-25-17-4-3-12-24-17/h3-8,12,19H,2,9-11,13H2,1H3,(H,20,23)(H,21,22). The molecule has 0 saturated carbocycles. The Bertz CT molecular complexity index is 657. The molecular weight excluding hydrogens is 354 g/mol. The van der Waals surface area contributed by atoms with Crippen LogP contribution in [0.5, 0.6) is 0 Å². The van der Waals surface area contributed by atoms with E-state index in [-0.39, 0.29) is 11.8 Å². The number of carbonyl (C=O) groups is 2. The number of amides is 2. The first-order valence-electron chi connectivity index (χ1n) is 8.24. The minimum absolute atomic E-state index is 0.0578. The average molecular weight is 378 g/mol. The summed E-state index contributed by atoms with van der Waals surface area (Å²) in [6.07, 6.45) is 1.08. The molecule has 1 heterocycles. The van der Waals surface area contributed by atoms with Crippen LogP contribution in [0.1, 0.15) is 23.7 Å². The Labute approximate surface area is 156 Å². The molecule has 0 aliphatic heterocycles. The second kappa shape index (κ2) is 10.9. The molecule has 0 radical (unpaired) electrons. The molecule has 0 atom stereocenters. The number of rotatable bonds is 10. The van der Waals surface area contributed by atoms with E-state index in [1.165, 1.54) is 11.8 Å². The van der Waals surface area contributed by atoms with Crippen molar-refractivity contribution in [1.29, 1.82) is 0 Å². The van der Waals surface area contributed by atoms with Crippen molar-refractivity contribution in [2.24, 2.45) is 0 Å². The molecule has 25 heavy (non-hydrogen) atoms. The molecule has 0 aliphatic carbocycles. The van der Waals surface area contributed by atoms with Crippen LogP contribution in [-0.4, -0.2) is 37.2 Å². The topological polar surface area (TPSA) is 70.2 Å². The lowest BCUT2D eigenvalue weighted by atomic mass is 10.2. The summed E-state index contributed by atoms with van der Waals surface area (Å²) in [7, 11) is 0. The molecule has 0 bridgehead atoms.